The van der Waals surface area contributed by atoms with Gasteiger partial charge in [0.15, 0.2) is 0 Å². The molecule has 1 aromatic carbocycles. The van der Waals surface area contributed by atoms with Gasteiger partial charge in [-0.15, -0.1) is 0 Å². The molecule has 0 aliphatic rings. The van der Waals surface area contributed by atoms with Crippen LogP contribution < -0.4 is 16.4 Å². The molecular weight excluding hydrogens is 242 g/mol. The van der Waals surface area contributed by atoms with Crippen molar-refractivity contribution in [2.45, 2.75) is 6.04 Å². The number of nitrogens with zero attached hydrogens (tertiary/aromatic N) is 1. The quantitative estimate of drug-likeness (QED) is 0.852. The van der Waals surface area contributed by atoms with Crippen LogP contribution in [0.4, 0.5) is 5.69 Å². The molecular formula is C10H16BrN3. The predicted octanol–water partition coefficient (Wildman–Crippen LogP) is 1.17. The summed E-state index contributed by atoms with van der Waals surface area (Å²) in [6.07, 6.45) is 0. The van der Waals surface area contributed by atoms with Crippen molar-refractivity contribution in [2.24, 2.45) is 11.5 Å². The van der Waals surface area contributed by atoms with Gasteiger partial charge in [-0.05, 0) is 24.3 Å². The van der Waals surface area contributed by atoms with Crippen LogP contribution in [0.25, 0.3) is 0 Å². The third kappa shape index (κ3) is 3.29. The molecule has 0 aromatic heterocycles. The molecule has 4 heteroatoms. The van der Waals surface area contributed by atoms with Gasteiger partial charge in [-0.1, -0.05) is 15.9 Å². The molecule has 0 heterocycles. The second kappa shape index (κ2) is 5.34. The SMILES string of the molecule is CN(CC(N)CN)c1ccc(Br)cc1. The molecule has 1 unspecified atom stereocenters. The van der Waals surface area contributed by atoms with Gasteiger partial charge in [0.1, 0.15) is 0 Å². The van der Waals surface area contributed by atoms with Crippen molar-refractivity contribution < 1.29 is 0 Å². The van der Waals surface area contributed by atoms with Gasteiger partial charge < -0.3 is 16.4 Å². The summed E-state index contributed by atoms with van der Waals surface area (Å²) < 4.78 is 1.08. The predicted molar refractivity (Wildman–Crippen MR) is 64.4 cm³/mol. The molecule has 0 aliphatic carbocycles. The lowest BCUT2D eigenvalue weighted by Gasteiger charge is -2.22. The highest BCUT2D eigenvalue weighted by Gasteiger charge is 2.05. The fourth-order valence-corrected chi connectivity index (χ4v) is 1.49. The Bertz CT molecular complexity index is 273. The number of nitrogens with two attached hydrogens (primary N) is 2. The smallest absolute Gasteiger partial charge is 0.0364 e. The Morgan fingerprint density at radius 3 is 2.43 bits per heavy atom. The first-order valence-corrected chi connectivity index (χ1v) is 5.35. The monoisotopic (exact) mass is 257 g/mol. The zero-order valence-electron chi connectivity index (χ0n) is 8.28. The van der Waals surface area contributed by atoms with Gasteiger partial charge in [0.2, 0.25) is 0 Å². The maximum Gasteiger partial charge on any atom is 0.0364 e. The Morgan fingerprint density at radius 2 is 1.93 bits per heavy atom. The number of hydrogen-bond donors (Lipinski definition) is 2. The average molecular weight is 258 g/mol. The van der Waals surface area contributed by atoms with E-state index in [1.54, 1.807) is 0 Å². The van der Waals surface area contributed by atoms with E-state index in [0.717, 1.165) is 16.7 Å². The molecule has 78 valence electrons. The molecule has 0 bridgehead atoms. The summed E-state index contributed by atoms with van der Waals surface area (Å²) in [5, 5.41) is 0. The first-order chi connectivity index (χ1) is 6.63. The third-order valence-electron chi connectivity index (χ3n) is 2.08. The van der Waals surface area contributed by atoms with E-state index < -0.39 is 0 Å². The van der Waals surface area contributed by atoms with Gasteiger partial charge in [0.05, 0.1) is 0 Å². The summed E-state index contributed by atoms with van der Waals surface area (Å²) in [6.45, 7) is 1.29. The minimum atomic E-state index is 0.0312. The van der Waals surface area contributed by atoms with E-state index in [-0.39, 0.29) is 6.04 Å². The van der Waals surface area contributed by atoms with Crippen molar-refractivity contribution in [3.05, 3.63) is 28.7 Å². The zero-order chi connectivity index (χ0) is 10.6. The van der Waals surface area contributed by atoms with Crippen LogP contribution in [0.2, 0.25) is 0 Å². The van der Waals surface area contributed by atoms with Crippen molar-refractivity contribution in [2.75, 3.05) is 25.0 Å². The van der Waals surface area contributed by atoms with Gasteiger partial charge in [-0.2, -0.15) is 0 Å². The van der Waals surface area contributed by atoms with Crippen molar-refractivity contribution in [3.8, 4) is 0 Å². The topological polar surface area (TPSA) is 55.3 Å². The van der Waals surface area contributed by atoms with Crippen molar-refractivity contribution >= 4 is 21.6 Å². The molecule has 0 radical (unpaired) electrons. The van der Waals surface area contributed by atoms with Crippen molar-refractivity contribution in [1.82, 2.24) is 0 Å². The second-order valence-electron chi connectivity index (χ2n) is 3.35. The fraction of sp³-hybridized carbons (Fsp3) is 0.400. The van der Waals surface area contributed by atoms with Crippen LogP contribution in [0.1, 0.15) is 0 Å². The van der Waals surface area contributed by atoms with Crippen molar-refractivity contribution in [3.63, 3.8) is 0 Å². The fourth-order valence-electron chi connectivity index (χ4n) is 1.23. The number of rotatable bonds is 4. The van der Waals surface area contributed by atoms with Crippen LogP contribution in [-0.4, -0.2) is 26.2 Å². The minimum absolute atomic E-state index is 0.0312. The van der Waals surface area contributed by atoms with Gasteiger partial charge in [0, 0.05) is 36.3 Å². The summed E-state index contributed by atoms with van der Waals surface area (Å²) >= 11 is 3.40. The third-order valence-corrected chi connectivity index (χ3v) is 2.61. The summed E-state index contributed by atoms with van der Waals surface area (Å²) in [6, 6.07) is 8.16. The Morgan fingerprint density at radius 1 is 1.36 bits per heavy atom. The van der Waals surface area contributed by atoms with Crippen molar-refractivity contribution in [1.29, 1.82) is 0 Å². The summed E-state index contributed by atoms with van der Waals surface area (Å²) in [7, 11) is 2.01. The largest absolute Gasteiger partial charge is 0.373 e. The summed E-state index contributed by atoms with van der Waals surface area (Å²) in [4.78, 5) is 2.10. The molecule has 0 amide bonds. The standard InChI is InChI=1S/C10H16BrN3/c1-14(7-9(13)6-12)10-4-2-8(11)3-5-10/h2-5,9H,6-7,12-13H2,1H3. The molecule has 1 aromatic rings. The van der Waals surface area contributed by atoms with Crippen LogP contribution in [-0.2, 0) is 0 Å². The maximum atomic E-state index is 5.77. The Kier molecular flexibility index (Phi) is 4.38. The van der Waals surface area contributed by atoms with Gasteiger partial charge in [-0.25, -0.2) is 0 Å². The molecule has 3 nitrogen and oxygen atoms in total. The molecule has 4 N–H and O–H groups in total. The zero-order valence-corrected chi connectivity index (χ0v) is 9.87. The summed E-state index contributed by atoms with van der Waals surface area (Å²) in [5.41, 5.74) is 12.4. The number of anilines is 1. The van der Waals surface area contributed by atoms with E-state index in [9.17, 15) is 0 Å². The van der Waals surface area contributed by atoms with Crippen LogP contribution >= 0.6 is 15.9 Å². The van der Waals surface area contributed by atoms with E-state index >= 15 is 0 Å². The Labute approximate surface area is 93.2 Å². The Hall–Kier alpha value is -0.580. The molecule has 1 atom stereocenters. The van der Waals surface area contributed by atoms with Crippen LogP contribution in [0.5, 0.6) is 0 Å². The lowest BCUT2D eigenvalue weighted by atomic mass is 10.2. The van der Waals surface area contributed by atoms with E-state index in [2.05, 4.69) is 20.8 Å². The van der Waals surface area contributed by atoms with Crippen LogP contribution in [0.3, 0.4) is 0 Å². The lowest BCUT2D eigenvalue weighted by molar-refractivity contribution is 0.668. The highest BCUT2D eigenvalue weighted by Crippen LogP contribution is 2.16. The van der Waals surface area contributed by atoms with Gasteiger partial charge >= 0.3 is 0 Å². The molecule has 0 aliphatic heterocycles. The van der Waals surface area contributed by atoms with Crippen LogP contribution in [0.15, 0.2) is 28.7 Å². The maximum absolute atomic E-state index is 5.77. The van der Waals surface area contributed by atoms with E-state index in [4.69, 9.17) is 11.5 Å². The van der Waals surface area contributed by atoms with E-state index in [1.807, 2.05) is 31.3 Å². The van der Waals surface area contributed by atoms with Crippen LogP contribution in [0, 0.1) is 0 Å². The van der Waals surface area contributed by atoms with E-state index in [0.29, 0.717) is 6.54 Å². The first kappa shape index (κ1) is 11.5. The molecule has 0 saturated heterocycles. The minimum Gasteiger partial charge on any atom is -0.373 e. The Balaban J connectivity index is 2.60. The highest BCUT2D eigenvalue weighted by atomic mass is 79.9. The highest BCUT2D eigenvalue weighted by molar-refractivity contribution is 9.10. The van der Waals surface area contributed by atoms with Gasteiger partial charge in [0.25, 0.3) is 0 Å². The number of likely N-dealkylation sites (N-methyl/N-ethyl adjacent to an activating group) is 1. The normalized spacial score (nSPS) is 12.6. The first-order valence-electron chi connectivity index (χ1n) is 4.56. The lowest BCUT2D eigenvalue weighted by Crippen LogP contribution is -2.40. The molecule has 0 saturated carbocycles. The molecule has 1 rings (SSSR count). The second-order valence-corrected chi connectivity index (χ2v) is 4.27. The molecule has 0 fully saturated rings. The number of halogens is 1. The molecule has 0 spiro atoms. The average Bonchev–Trinajstić information content (AvgIpc) is 2.18. The number of benzene rings is 1. The van der Waals surface area contributed by atoms with E-state index in [1.165, 1.54) is 0 Å². The summed E-state index contributed by atoms with van der Waals surface area (Å²) in [5.74, 6) is 0. The van der Waals surface area contributed by atoms with Gasteiger partial charge in [-0.3, -0.25) is 0 Å². The number of hydrogen-bond acceptors (Lipinski definition) is 3. The molecule has 14 heavy (non-hydrogen) atoms.